The lowest BCUT2D eigenvalue weighted by molar-refractivity contribution is 0.00222. The minimum Gasteiger partial charge on any atom is -0.381 e. The number of ether oxygens (including phenoxy) is 2. The fourth-order valence-electron chi connectivity index (χ4n) is 4.07. The highest BCUT2D eigenvalue weighted by Crippen LogP contribution is 2.22. The zero-order valence-electron chi connectivity index (χ0n) is 16.6. The molecule has 0 spiro atoms. The fraction of sp³-hybridized carbons (Fsp3) is 0.524. The summed E-state index contributed by atoms with van der Waals surface area (Å²) in [5, 5.41) is 10.3. The van der Waals surface area contributed by atoms with Gasteiger partial charge in [0.2, 0.25) is 0 Å². The van der Waals surface area contributed by atoms with Gasteiger partial charge in [-0.1, -0.05) is 18.2 Å². The molecule has 2 unspecified atom stereocenters. The monoisotopic (exact) mass is 399 g/mol. The molecular weight excluding hydrogens is 370 g/mol. The predicted molar refractivity (Wildman–Crippen MR) is 110 cm³/mol. The molecule has 156 valence electrons. The van der Waals surface area contributed by atoms with E-state index in [4.69, 9.17) is 9.47 Å². The van der Waals surface area contributed by atoms with Gasteiger partial charge in [-0.25, -0.2) is 4.79 Å². The van der Waals surface area contributed by atoms with Crippen LogP contribution in [-0.2, 0) is 16.0 Å². The Morgan fingerprint density at radius 1 is 1.17 bits per heavy atom. The lowest BCUT2D eigenvalue weighted by Gasteiger charge is -2.37. The minimum atomic E-state index is -0.185. The summed E-state index contributed by atoms with van der Waals surface area (Å²) in [7, 11) is 0. The van der Waals surface area contributed by atoms with Crippen molar-refractivity contribution >= 4 is 11.7 Å². The molecule has 8 nitrogen and oxygen atoms in total. The Bertz CT molecular complexity index is 770. The van der Waals surface area contributed by atoms with Crippen LogP contribution in [0.3, 0.4) is 0 Å². The van der Waals surface area contributed by atoms with Crippen molar-refractivity contribution in [1.29, 1.82) is 0 Å². The molecular formula is C21H29N5O3. The van der Waals surface area contributed by atoms with Crippen molar-refractivity contribution in [3.05, 3.63) is 48.3 Å². The summed E-state index contributed by atoms with van der Waals surface area (Å²) in [6.45, 7) is 6.07. The number of para-hydroxylation sites is 1. The van der Waals surface area contributed by atoms with Gasteiger partial charge in [-0.15, -0.1) is 0 Å². The molecule has 8 heteroatoms. The van der Waals surface area contributed by atoms with Crippen LogP contribution >= 0.6 is 0 Å². The second-order valence-electron chi connectivity index (χ2n) is 7.54. The molecule has 0 bridgehead atoms. The van der Waals surface area contributed by atoms with Crippen molar-refractivity contribution in [2.75, 3.05) is 51.4 Å². The largest absolute Gasteiger partial charge is 0.381 e. The first-order chi connectivity index (χ1) is 14.3. The molecule has 0 saturated carbocycles. The van der Waals surface area contributed by atoms with Crippen LogP contribution in [0.5, 0.6) is 0 Å². The molecule has 2 N–H and O–H groups in total. The maximum atomic E-state index is 12.7. The van der Waals surface area contributed by atoms with Crippen molar-refractivity contribution < 1.29 is 14.3 Å². The molecule has 1 aromatic heterocycles. The maximum Gasteiger partial charge on any atom is 0.319 e. The highest BCUT2D eigenvalue weighted by Gasteiger charge is 2.31. The zero-order chi connectivity index (χ0) is 19.9. The molecule has 2 saturated heterocycles. The van der Waals surface area contributed by atoms with E-state index in [-0.39, 0.29) is 12.1 Å². The molecule has 2 atom stereocenters. The number of morpholine rings is 1. The third kappa shape index (κ3) is 5.35. The van der Waals surface area contributed by atoms with Crippen molar-refractivity contribution in [3.63, 3.8) is 0 Å². The number of benzene rings is 1. The molecule has 2 aliphatic rings. The number of hydrogen-bond acceptors (Lipinski definition) is 5. The van der Waals surface area contributed by atoms with Gasteiger partial charge in [0.25, 0.3) is 0 Å². The van der Waals surface area contributed by atoms with Gasteiger partial charge in [0, 0.05) is 56.3 Å². The van der Waals surface area contributed by atoms with E-state index in [2.05, 4.69) is 20.6 Å². The molecule has 4 rings (SSSR count). The van der Waals surface area contributed by atoms with Crippen molar-refractivity contribution in [2.24, 2.45) is 5.92 Å². The van der Waals surface area contributed by atoms with E-state index in [0.29, 0.717) is 19.0 Å². The zero-order valence-corrected chi connectivity index (χ0v) is 16.6. The van der Waals surface area contributed by atoms with E-state index in [1.165, 1.54) is 0 Å². The quantitative estimate of drug-likeness (QED) is 0.742. The van der Waals surface area contributed by atoms with Gasteiger partial charge in [0.1, 0.15) is 0 Å². The highest BCUT2D eigenvalue weighted by atomic mass is 16.5. The van der Waals surface area contributed by atoms with Crippen LogP contribution in [0, 0.1) is 5.92 Å². The number of nitrogens with one attached hydrogen (secondary N) is 2. The average Bonchev–Trinajstić information content (AvgIpc) is 3.45. The predicted octanol–water partition coefficient (Wildman–Crippen LogP) is 1.79. The molecule has 2 aliphatic heterocycles. The van der Waals surface area contributed by atoms with Gasteiger partial charge in [0.15, 0.2) is 0 Å². The van der Waals surface area contributed by atoms with Crippen LogP contribution in [0.2, 0.25) is 0 Å². The van der Waals surface area contributed by atoms with Crippen LogP contribution in [0.4, 0.5) is 10.5 Å². The summed E-state index contributed by atoms with van der Waals surface area (Å²) >= 11 is 0. The van der Waals surface area contributed by atoms with Crippen LogP contribution in [0.25, 0.3) is 0 Å². The summed E-state index contributed by atoms with van der Waals surface area (Å²) in [5.41, 5.74) is 1.81. The Labute approximate surface area is 171 Å². The second-order valence-corrected chi connectivity index (χ2v) is 7.54. The van der Waals surface area contributed by atoms with E-state index < -0.39 is 0 Å². The number of carbonyl (C=O) groups is 1. The summed E-state index contributed by atoms with van der Waals surface area (Å²) in [6.07, 6.45) is 4.70. The lowest BCUT2D eigenvalue weighted by Crippen LogP contribution is -2.52. The van der Waals surface area contributed by atoms with E-state index in [1.54, 1.807) is 6.20 Å². The van der Waals surface area contributed by atoms with Crippen LogP contribution in [0.1, 0.15) is 12.0 Å². The van der Waals surface area contributed by atoms with Crippen LogP contribution in [0.15, 0.2) is 42.7 Å². The molecule has 2 aromatic rings. The van der Waals surface area contributed by atoms with Crippen LogP contribution in [-0.4, -0.2) is 72.8 Å². The Morgan fingerprint density at radius 3 is 2.79 bits per heavy atom. The molecule has 29 heavy (non-hydrogen) atoms. The summed E-state index contributed by atoms with van der Waals surface area (Å²) in [4.78, 5) is 15.1. The Kier molecular flexibility index (Phi) is 6.76. The summed E-state index contributed by atoms with van der Waals surface area (Å²) < 4.78 is 12.9. The Balaban J connectivity index is 1.36. The number of urea groups is 1. The smallest absolute Gasteiger partial charge is 0.319 e. The Hall–Kier alpha value is -2.42. The molecule has 0 radical (unpaired) electrons. The van der Waals surface area contributed by atoms with E-state index in [0.717, 1.165) is 57.2 Å². The third-order valence-electron chi connectivity index (χ3n) is 5.65. The standard InChI is InChI=1S/C21H29N5O3/c27-21(24-19-5-2-1-4-17(19)15-26-8-3-7-23-26)22-14-20(18-6-11-29-16-18)25-9-12-28-13-10-25/h1-5,7-8,18,20H,6,9-16H2,(H2,22,24,27). The van der Waals surface area contributed by atoms with Gasteiger partial charge in [-0.3, -0.25) is 9.58 Å². The first-order valence-corrected chi connectivity index (χ1v) is 10.3. The van der Waals surface area contributed by atoms with E-state index in [9.17, 15) is 4.79 Å². The highest BCUT2D eigenvalue weighted by molar-refractivity contribution is 5.90. The average molecular weight is 399 g/mol. The molecule has 2 amide bonds. The lowest BCUT2D eigenvalue weighted by atomic mass is 9.97. The first kappa shape index (κ1) is 19.9. The number of rotatable bonds is 7. The third-order valence-corrected chi connectivity index (χ3v) is 5.65. The summed E-state index contributed by atoms with van der Waals surface area (Å²) in [6, 6.07) is 9.79. The van der Waals surface area contributed by atoms with Gasteiger partial charge in [-0.05, 0) is 24.1 Å². The van der Waals surface area contributed by atoms with E-state index >= 15 is 0 Å². The number of amides is 2. The number of carbonyl (C=O) groups excluding carboxylic acids is 1. The van der Waals surface area contributed by atoms with Gasteiger partial charge in [-0.2, -0.15) is 5.10 Å². The van der Waals surface area contributed by atoms with Gasteiger partial charge < -0.3 is 20.1 Å². The summed E-state index contributed by atoms with van der Waals surface area (Å²) in [5.74, 6) is 0.445. The van der Waals surface area contributed by atoms with Crippen molar-refractivity contribution in [1.82, 2.24) is 20.0 Å². The van der Waals surface area contributed by atoms with Crippen LogP contribution < -0.4 is 10.6 Å². The van der Waals surface area contributed by atoms with Gasteiger partial charge in [0.05, 0.1) is 26.4 Å². The minimum absolute atomic E-state index is 0.185. The van der Waals surface area contributed by atoms with Crippen molar-refractivity contribution in [2.45, 2.75) is 19.0 Å². The molecule has 2 fully saturated rings. The second kappa shape index (κ2) is 9.87. The number of anilines is 1. The first-order valence-electron chi connectivity index (χ1n) is 10.3. The molecule has 3 heterocycles. The van der Waals surface area contributed by atoms with E-state index in [1.807, 2.05) is 41.2 Å². The SMILES string of the molecule is O=C(NCC(C1CCOC1)N1CCOCC1)Nc1ccccc1Cn1cccn1. The molecule has 1 aromatic carbocycles. The fourth-order valence-corrected chi connectivity index (χ4v) is 4.07. The number of nitrogens with zero attached hydrogens (tertiary/aromatic N) is 3. The van der Waals surface area contributed by atoms with Gasteiger partial charge >= 0.3 is 6.03 Å². The van der Waals surface area contributed by atoms with Crippen molar-refractivity contribution in [3.8, 4) is 0 Å². The normalized spacial score (nSPS) is 21.0. The Morgan fingerprint density at radius 2 is 2.03 bits per heavy atom. The topological polar surface area (TPSA) is 80.6 Å². The number of aromatic nitrogens is 2. The molecule has 0 aliphatic carbocycles. The maximum absolute atomic E-state index is 12.7. The number of hydrogen-bond donors (Lipinski definition) is 2.